The minimum absolute atomic E-state index is 1.11. The van der Waals surface area contributed by atoms with E-state index in [0.29, 0.717) is 0 Å². The molecule has 9 aromatic carbocycles. The predicted molar refractivity (Wildman–Crippen MR) is 225 cm³/mol. The van der Waals surface area contributed by atoms with Crippen LogP contribution >= 0.6 is 11.3 Å². The number of fused-ring (bicyclic) bond motifs is 5. The molecular formula is C50H33NS. The van der Waals surface area contributed by atoms with Gasteiger partial charge in [-0.05, 0) is 91.8 Å². The first-order valence-corrected chi connectivity index (χ1v) is 18.6. The van der Waals surface area contributed by atoms with E-state index in [1.807, 2.05) is 11.3 Å². The molecule has 0 N–H and O–H groups in total. The second-order valence-electron chi connectivity index (χ2n) is 13.3. The molecule has 0 unspecified atom stereocenters. The number of anilines is 3. The number of benzene rings is 9. The van der Waals surface area contributed by atoms with Crippen molar-refractivity contribution in [2.24, 2.45) is 0 Å². The minimum atomic E-state index is 1.11. The Hall–Kier alpha value is -6.48. The van der Waals surface area contributed by atoms with Crippen LogP contribution in [0, 0.1) is 0 Å². The molecule has 0 saturated heterocycles. The molecule has 52 heavy (non-hydrogen) atoms. The van der Waals surface area contributed by atoms with Gasteiger partial charge >= 0.3 is 0 Å². The van der Waals surface area contributed by atoms with Gasteiger partial charge in [-0.1, -0.05) is 158 Å². The first-order valence-electron chi connectivity index (χ1n) is 17.8. The first-order chi connectivity index (χ1) is 25.8. The van der Waals surface area contributed by atoms with Crippen LogP contribution in [-0.2, 0) is 0 Å². The predicted octanol–water partition coefficient (Wildman–Crippen LogP) is 14.8. The van der Waals surface area contributed by atoms with Crippen molar-refractivity contribution in [3.05, 3.63) is 200 Å². The van der Waals surface area contributed by atoms with Crippen LogP contribution in [0.1, 0.15) is 0 Å². The Morgan fingerprint density at radius 1 is 0.308 bits per heavy atom. The molecular weight excluding hydrogens is 647 g/mol. The molecule has 0 aliphatic heterocycles. The van der Waals surface area contributed by atoms with Crippen LogP contribution in [0.3, 0.4) is 0 Å². The van der Waals surface area contributed by atoms with Crippen LogP contribution in [0.4, 0.5) is 17.1 Å². The van der Waals surface area contributed by atoms with E-state index in [9.17, 15) is 0 Å². The molecule has 0 spiro atoms. The standard InChI is InChI=1S/C50H33NS/c1-3-18-41-34(12-1)14-10-22-42(41)36-26-29-39(30-27-36)51(48-24-7-5-20-45(48)44-23-11-15-35-13-2-4-19-43(35)44)40-17-9-16-37(32-40)38-28-31-47-46-21-6-8-25-49(46)52-50(47)33-38/h1-33H. The Labute approximate surface area is 307 Å². The van der Waals surface area contributed by atoms with E-state index < -0.39 is 0 Å². The maximum Gasteiger partial charge on any atom is 0.0540 e. The lowest BCUT2D eigenvalue weighted by molar-refractivity contribution is 1.28. The molecule has 10 aromatic rings. The highest BCUT2D eigenvalue weighted by Gasteiger charge is 2.19. The van der Waals surface area contributed by atoms with Crippen molar-refractivity contribution in [2.45, 2.75) is 0 Å². The second kappa shape index (κ2) is 12.7. The Morgan fingerprint density at radius 3 is 1.67 bits per heavy atom. The highest BCUT2D eigenvalue weighted by Crippen LogP contribution is 2.44. The number of nitrogens with zero attached hydrogens (tertiary/aromatic N) is 1. The minimum Gasteiger partial charge on any atom is -0.310 e. The second-order valence-corrected chi connectivity index (χ2v) is 14.4. The third-order valence-electron chi connectivity index (χ3n) is 10.3. The molecule has 0 atom stereocenters. The quantitative estimate of drug-likeness (QED) is 0.169. The van der Waals surface area contributed by atoms with Gasteiger partial charge in [0.25, 0.3) is 0 Å². The van der Waals surface area contributed by atoms with Crippen LogP contribution < -0.4 is 4.90 Å². The van der Waals surface area contributed by atoms with Gasteiger partial charge in [0.1, 0.15) is 0 Å². The van der Waals surface area contributed by atoms with Gasteiger partial charge < -0.3 is 4.90 Å². The van der Waals surface area contributed by atoms with E-state index >= 15 is 0 Å². The Balaban J connectivity index is 1.14. The fourth-order valence-corrected chi connectivity index (χ4v) is 8.93. The summed E-state index contributed by atoms with van der Waals surface area (Å²) in [6.07, 6.45) is 0. The third kappa shape index (κ3) is 5.24. The average molecular weight is 680 g/mol. The summed E-state index contributed by atoms with van der Waals surface area (Å²) in [5.74, 6) is 0. The molecule has 10 rings (SSSR count). The van der Waals surface area contributed by atoms with E-state index in [1.165, 1.54) is 75.1 Å². The Kier molecular flexibility index (Phi) is 7.41. The summed E-state index contributed by atoms with van der Waals surface area (Å²) in [5, 5.41) is 7.64. The van der Waals surface area contributed by atoms with Crippen LogP contribution in [0.25, 0.3) is 75.1 Å². The van der Waals surface area contributed by atoms with Crippen molar-refractivity contribution in [3.63, 3.8) is 0 Å². The Morgan fingerprint density at radius 2 is 0.865 bits per heavy atom. The van der Waals surface area contributed by atoms with Gasteiger partial charge in [-0.25, -0.2) is 0 Å². The van der Waals surface area contributed by atoms with Crippen LogP contribution in [0.2, 0.25) is 0 Å². The van der Waals surface area contributed by atoms with Gasteiger partial charge in [0.05, 0.1) is 5.69 Å². The zero-order chi connectivity index (χ0) is 34.4. The van der Waals surface area contributed by atoms with Gasteiger partial charge in [-0.2, -0.15) is 0 Å². The summed E-state index contributed by atoms with van der Waals surface area (Å²) in [6.45, 7) is 0. The largest absolute Gasteiger partial charge is 0.310 e. The van der Waals surface area contributed by atoms with Crippen molar-refractivity contribution in [1.29, 1.82) is 0 Å². The molecule has 0 amide bonds. The number of hydrogen-bond acceptors (Lipinski definition) is 2. The van der Waals surface area contributed by atoms with E-state index in [4.69, 9.17) is 0 Å². The van der Waals surface area contributed by atoms with Crippen molar-refractivity contribution in [1.82, 2.24) is 0 Å². The van der Waals surface area contributed by atoms with Gasteiger partial charge in [0, 0.05) is 37.1 Å². The topological polar surface area (TPSA) is 3.24 Å². The molecule has 1 nitrogen and oxygen atoms in total. The molecule has 0 saturated carbocycles. The lowest BCUT2D eigenvalue weighted by atomic mass is 9.95. The first kappa shape index (κ1) is 30.4. The molecule has 1 heterocycles. The zero-order valence-corrected chi connectivity index (χ0v) is 29.2. The summed E-state index contributed by atoms with van der Waals surface area (Å²) < 4.78 is 2.64. The summed E-state index contributed by atoms with van der Waals surface area (Å²) in [5.41, 5.74) is 10.6. The third-order valence-corrected chi connectivity index (χ3v) is 11.4. The maximum absolute atomic E-state index is 2.42. The molecule has 0 radical (unpaired) electrons. The number of para-hydroxylation sites is 1. The van der Waals surface area contributed by atoms with Gasteiger partial charge in [0.2, 0.25) is 0 Å². The van der Waals surface area contributed by atoms with Crippen LogP contribution in [-0.4, -0.2) is 0 Å². The van der Waals surface area contributed by atoms with E-state index in [2.05, 4.69) is 205 Å². The summed E-state index contributed by atoms with van der Waals surface area (Å²) in [7, 11) is 0. The monoisotopic (exact) mass is 679 g/mol. The van der Waals surface area contributed by atoms with E-state index in [1.54, 1.807) is 0 Å². The molecule has 2 heteroatoms. The van der Waals surface area contributed by atoms with Gasteiger partial charge in [0.15, 0.2) is 0 Å². The number of thiophene rings is 1. The number of hydrogen-bond donors (Lipinski definition) is 0. The smallest absolute Gasteiger partial charge is 0.0540 e. The molecule has 0 bridgehead atoms. The zero-order valence-electron chi connectivity index (χ0n) is 28.4. The van der Waals surface area contributed by atoms with Gasteiger partial charge in [-0.3, -0.25) is 0 Å². The maximum atomic E-state index is 2.42. The van der Waals surface area contributed by atoms with Crippen molar-refractivity contribution >= 4 is 70.1 Å². The van der Waals surface area contributed by atoms with Gasteiger partial charge in [-0.15, -0.1) is 11.3 Å². The average Bonchev–Trinajstić information content (AvgIpc) is 3.59. The van der Waals surface area contributed by atoms with Crippen molar-refractivity contribution < 1.29 is 0 Å². The van der Waals surface area contributed by atoms with Crippen molar-refractivity contribution in [3.8, 4) is 33.4 Å². The van der Waals surface area contributed by atoms with Crippen LogP contribution in [0.5, 0.6) is 0 Å². The fourth-order valence-electron chi connectivity index (χ4n) is 7.78. The molecule has 0 aliphatic carbocycles. The SMILES string of the molecule is c1cc(-c2ccc3c(c2)sc2ccccc23)cc(N(c2ccc(-c3cccc4ccccc34)cc2)c2ccccc2-c2cccc3ccccc23)c1. The fraction of sp³-hybridized carbons (Fsp3) is 0. The van der Waals surface area contributed by atoms with Crippen LogP contribution in [0.15, 0.2) is 200 Å². The molecule has 244 valence electrons. The lowest BCUT2D eigenvalue weighted by Gasteiger charge is -2.29. The summed E-state index contributed by atoms with van der Waals surface area (Å²) >= 11 is 1.86. The van der Waals surface area contributed by atoms with E-state index in [-0.39, 0.29) is 0 Å². The Bertz CT molecular complexity index is 2910. The highest BCUT2D eigenvalue weighted by molar-refractivity contribution is 7.25. The molecule has 0 fully saturated rings. The summed E-state index contributed by atoms with van der Waals surface area (Å²) in [4.78, 5) is 2.42. The molecule has 0 aliphatic rings. The normalized spacial score (nSPS) is 11.5. The van der Waals surface area contributed by atoms with Crippen molar-refractivity contribution in [2.75, 3.05) is 4.90 Å². The summed E-state index contributed by atoms with van der Waals surface area (Å²) in [6, 6.07) is 73.0. The lowest BCUT2D eigenvalue weighted by Crippen LogP contribution is -2.11. The van der Waals surface area contributed by atoms with E-state index in [0.717, 1.165) is 17.1 Å². The molecule has 1 aromatic heterocycles. The highest BCUT2D eigenvalue weighted by atomic mass is 32.1. The number of rotatable bonds is 6.